The molecule has 2 N–H and O–H groups in total. The lowest BCUT2D eigenvalue weighted by atomic mass is 9.98. The number of amides is 1. The number of aliphatic hydroxyl groups excluding tert-OH is 1. The van der Waals surface area contributed by atoms with Crippen LogP contribution in [0.3, 0.4) is 0 Å². The maximum absolute atomic E-state index is 13.0. The molecule has 2 aliphatic rings. The highest BCUT2D eigenvalue weighted by atomic mass is 16.5. The molecular weight excluding hydrogens is 382 g/mol. The third-order valence-electron chi connectivity index (χ3n) is 5.74. The van der Waals surface area contributed by atoms with Crippen molar-refractivity contribution in [3.63, 3.8) is 0 Å². The summed E-state index contributed by atoms with van der Waals surface area (Å²) in [5.74, 6) is -1.42. The first-order chi connectivity index (χ1) is 14.6. The van der Waals surface area contributed by atoms with Crippen molar-refractivity contribution in [1.29, 1.82) is 0 Å². The van der Waals surface area contributed by atoms with Gasteiger partial charge in [0.25, 0.3) is 11.7 Å². The minimum Gasteiger partial charge on any atom is -0.507 e. The second kappa shape index (κ2) is 8.77. The zero-order valence-corrected chi connectivity index (χ0v) is 17.0. The average Bonchev–Trinajstić information content (AvgIpc) is 3.04. The van der Waals surface area contributed by atoms with E-state index in [1.807, 2.05) is 25.1 Å². The molecule has 30 heavy (non-hydrogen) atoms. The molecule has 0 radical (unpaired) electrons. The number of ketones is 1. The Morgan fingerprint density at radius 1 is 1.17 bits per heavy atom. The number of aryl methyl sites for hydroxylation is 1. The molecule has 156 valence electrons. The topological polar surface area (TPSA) is 84.2 Å². The van der Waals surface area contributed by atoms with Gasteiger partial charge in [0.05, 0.1) is 37.6 Å². The molecular formula is C23H26N3O4+. The van der Waals surface area contributed by atoms with Gasteiger partial charge in [-0.15, -0.1) is 0 Å². The van der Waals surface area contributed by atoms with Crippen LogP contribution in [-0.2, 0) is 14.3 Å². The van der Waals surface area contributed by atoms with Crippen LogP contribution in [0.5, 0.6) is 0 Å². The monoisotopic (exact) mass is 408 g/mol. The number of benzene rings is 1. The van der Waals surface area contributed by atoms with Gasteiger partial charge in [-0.1, -0.05) is 35.9 Å². The lowest BCUT2D eigenvalue weighted by Gasteiger charge is -2.28. The van der Waals surface area contributed by atoms with Crippen LogP contribution in [0.25, 0.3) is 5.76 Å². The number of nitrogens with zero attached hydrogens (tertiary/aromatic N) is 2. The van der Waals surface area contributed by atoms with E-state index in [9.17, 15) is 14.7 Å². The van der Waals surface area contributed by atoms with Gasteiger partial charge in [-0.3, -0.25) is 14.6 Å². The largest absolute Gasteiger partial charge is 0.507 e. The summed E-state index contributed by atoms with van der Waals surface area (Å²) in [6.45, 7) is 6.22. The first kappa shape index (κ1) is 20.3. The molecule has 4 rings (SSSR count). The SMILES string of the molecule is Cc1ccc(/C(O)=C2\C(=O)C(=O)N(CC[NH+]3CCOCC3)[C@@H]2c2ccccn2)cc1. The fraction of sp³-hybridized carbons (Fsp3) is 0.348. The molecule has 3 heterocycles. The van der Waals surface area contributed by atoms with Crippen molar-refractivity contribution in [2.45, 2.75) is 13.0 Å². The van der Waals surface area contributed by atoms with Gasteiger partial charge >= 0.3 is 0 Å². The highest BCUT2D eigenvalue weighted by molar-refractivity contribution is 6.46. The minimum absolute atomic E-state index is 0.0968. The number of aromatic nitrogens is 1. The predicted octanol–water partition coefficient (Wildman–Crippen LogP) is 0.727. The molecule has 7 nitrogen and oxygen atoms in total. The van der Waals surface area contributed by atoms with Crippen molar-refractivity contribution in [2.75, 3.05) is 39.4 Å². The van der Waals surface area contributed by atoms with E-state index in [1.54, 1.807) is 35.4 Å². The summed E-state index contributed by atoms with van der Waals surface area (Å²) in [5, 5.41) is 11.0. The molecule has 1 amide bonds. The Kier molecular flexibility index (Phi) is 5.92. The summed E-state index contributed by atoms with van der Waals surface area (Å²) in [4.78, 5) is 33.2. The first-order valence-corrected chi connectivity index (χ1v) is 10.2. The molecule has 1 atom stereocenters. The van der Waals surface area contributed by atoms with E-state index in [0.717, 1.165) is 18.7 Å². The second-order valence-electron chi connectivity index (χ2n) is 7.73. The smallest absolute Gasteiger partial charge is 0.295 e. The molecule has 0 bridgehead atoms. The van der Waals surface area contributed by atoms with Crippen LogP contribution in [0.15, 0.2) is 54.2 Å². The molecule has 0 aliphatic carbocycles. The number of aliphatic hydroxyl groups is 1. The van der Waals surface area contributed by atoms with E-state index in [1.165, 1.54) is 4.90 Å². The molecule has 1 aromatic carbocycles. The quantitative estimate of drug-likeness (QED) is 0.433. The number of Topliss-reactive ketones (excluding diaryl/α,β-unsaturated/α-hetero) is 1. The van der Waals surface area contributed by atoms with Gasteiger partial charge in [0.2, 0.25) is 0 Å². The molecule has 7 heteroatoms. The van der Waals surface area contributed by atoms with Crippen LogP contribution >= 0.6 is 0 Å². The Bertz CT molecular complexity index is 950. The van der Waals surface area contributed by atoms with E-state index in [2.05, 4.69) is 4.98 Å². The van der Waals surface area contributed by atoms with Crippen LogP contribution in [0.1, 0.15) is 22.9 Å². The number of hydrogen-bond donors (Lipinski definition) is 2. The molecule has 2 saturated heterocycles. The fourth-order valence-electron chi connectivity index (χ4n) is 4.01. The number of likely N-dealkylation sites (tertiary alicyclic amines) is 1. The average molecular weight is 408 g/mol. The summed E-state index contributed by atoms with van der Waals surface area (Å²) in [6, 6.07) is 11.9. The molecule has 0 saturated carbocycles. The van der Waals surface area contributed by atoms with Crippen molar-refractivity contribution in [3.8, 4) is 0 Å². The third kappa shape index (κ3) is 3.99. The standard InChI is InChI=1S/C23H25N3O4/c1-16-5-7-17(8-6-16)21(27)19-20(18-4-2-3-9-24-18)26(23(29)22(19)28)11-10-25-12-14-30-15-13-25/h2-9,20,27H,10-15H2,1H3/p+1/b21-19+/t20-/m1/s1. The summed E-state index contributed by atoms with van der Waals surface area (Å²) in [7, 11) is 0. The number of morpholine rings is 1. The van der Waals surface area contributed by atoms with Gasteiger partial charge in [-0.25, -0.2) is 0 Å². The lowest BCUT2D eigenvalue weighted by Crippen LogP contribution is -3.14. The Morgan fingerprint density at radius 2 is 1.90 bits per heavy atom. The Morgan fingerprint density at radius 3 is 2.57 bits per heavy atom. The maximum Gasteiger partial charge on any atom is 0.295 e. The van der Waals surface area contributed by atoms with Gasteiger partial charge < -0.3 is 19.6 Å². The van der Waals surface area contributed by atoms with Crippen LogP contribution in [0.2, 0.25) is 0 Å². The zero-order chi connectivity index (χ0) is 21.1. The molecule has 2 aromatic rings. The Hall–Kier alpha value is -3.03. The van der Waals surface area contributed by atoms with Gasteiger partial charge in [0.1, 0.15) is 24.9 Å². The van der Waals surface area contributed by atoms with Crippen LogP contribution in [0.4, 0.5) is 0 Å². The minimum atomic E-state index is -0.701. The van der Waals surface area contributed by atoms with E-state index < -0.39 is 17.7 Å². The van der Waals surface area contributed by atoms with Crippen LogP contribution in [0, 0.1) is 6.92 Å². The molecule has 1 aromatic heterocycles. The number of carbonyl (C=O) groups excluding carboxylic acids is 2. The second-order valence-corrected chi connectivity index (χ2v) is 7.73. The Labute approximate surface area is 175 Å². The van der Waals surface area contributed by atoms with E-state index in [4.69, 9.17) is 4.74 Å². The van der Waals surface area contributed by atoms with Gasteiger partial charge in [0.15, 0.2) is 0 Å². The van der Waals surface area contributed by atoms with Gasteiger partial charge in [0, 0.05) is 11.8 Å². The van der Waals surface area contributed by atoms with E-state index in [-0.39, 0.29) is 11.3 Å². The molecule has 0 spiro atoms. The fourth-order valence-corrected chi connectivity index (χ4v) is 4.01. The third-order valence-corrected chi connectivity index (χ3v) is 5.74. The van der Waals surface area contributed by atoms with Gasteiger partial charge in [-0.2, -0.15) is 0 Å². The van der Waals surface area contributed by atoms with Crippen molar-refractivity contribution < 1.29 is 24.3 Å². The highest BCUT2D eigenvalue weighted by Gasteiger charge is 2.47. The van der Waals surface area contributed by atoms with Crippen molar-refractivity contribution in [2.24, 2.45) is 0 Å². The lowest BCUT2D eigenvalue weighted by molar-refractivity contribution is -0.907. The maximum atomic E-state index is 13.0. The summed E-state index contributed by atoms with van der Waals surface area (Å²) < 4.78 is 5.40. The van der Waals surface area contributed by atoms with Crippen molar-refractivity contribution >= 4 is 17.4 Å². The normalized spacial score (nSPS) is 21.9. The molecule has 2 aliphatic heterocycles. The highest BCUT2D eigenvalue weighted by Crippen LogP contribution is 2.38. The predicted molar refractivity (Wildman–Crippen MR) is 111 cm³/mol. The number of quaternary nitrogens is 1. The number of pyridine rings is 1. The summed E-state index contributed by atoms with van der Waals surface area (Å²) >= 11 is 0. The van der Waals surface area contributed by atoms with Crippen molar-refractivity contribution in [3.05, 3.63) is 71.1 Å². The first-order valence-electron chi connectivity index (χ1n) is 10.2. The Balaban J connectivity index is 1.71. The number of hydrogen-bond acceptors (Lipinski definition) is 5. The van der Waals surface area contributed by atoms with Crippen molar-refractivity contribution in [1.82, 2.24) is 9.88 Å². The van der Waals surface area contributed by atoms with Gasteiger partial charge in [-0.05, 0) is 19.1 Å². The number of carbonyl (C=O) groups is 2. The summed E-state index contributed by atoms with van der Waals surface area (Å²) in [6.07, 6.45) is 1.63. The zero-order valence-electron chi connectivity index (χ0n) is 17.0. The number of ether oxygens (including phenoxy) is 1. The van der Waals surface area contributed by atoms with Crippen LogP contribution < -0.4 is 4.90 Å². The number of nitrogens with one attached hydrogen (secondary N) is 1. The van der Waals surface area contributed by atoms with E-state index in [0.29, 0.717) is 37.6 Å². The summed E-state index contributed by atoms with van der Waals surface area (Å²) in [5.41, 5.74) is 2.22. The molecule has 2 fully saturated rings. The van der Waals surface area contributed by atoms with Crippen LogP contribution in [-0.4, -0.2) is 66.1 Å². The number of rotatable bonds is 5. The van der Waals surface area contributed by atoms with E-state index >= 15 is 0 Å². The molecule has 0 unspecified atom stereocenters.